The van der Waals surface area contributed by atoms with Gasteiger partial charge in [0.05, 0.1) is 33.1 Å². The fourth-order valence-electron chi connectivity index (χ4n) is 9.59. The molecule has 0 atom stereocenters. The molecule has 5 nitrogen and oxygen atoms in total. The maximum Gasteiger partial charge on any atom is 0.165 e. The van der Waals surface area contributed by atoms with Gasteiger partial charge < -0.3 is 8.98 Å². The molecular formula is C54H32N4O. The predicted octanol–water partition coefficient (Wildman–Crippen LogP) is 14.2. The molecule has 0 saturated heterocycles. The van der Waals surface area contributed by atoms with Crippen molar-refractivity contribution in [3.63, 3.8) is 0 Å². The number of rotatable bonds is 4. The van der Waals surface area contributed by atoms with Gasteiger partial charge in [-0.25, -0.2) is 9.97 Å². The van der Waals surface area contributed by atoms with Crippen LogP contribution >= 0.6 is 0 Å². The summed E-state index contributed by atoms with van der Waals surface area (Å²) in [4.78, 5) is 10.9. The zero-order valence-corrected chi connectivity index (χ0v) is 31.7. The number of hydrogen-bond acceptors (Lipinski definition) is 3. The molecule has 0 N–H and O–H groups in total. The molecule has 5 heteroatoms. The van der Waals surface area contributed by atoms with Gasteiger partial charge in [0.1, 0.15) is 16.9 Å². The molecule has 0 saturated carbocycles. The Labute approximate surface area is 337 Å². The van der Waals surface area contributed by atoms with Gasteiger partial charge in [-0.05, 0) is 58.8 Å². The van der Waals surface area contributed by atoms with Crippen LogP contribution in [0.2, 0.25) is 0 Å². The normalized spacial score (nSPS) is 12.1. The number of furan rings is 1. The molecule has 13 aromatic rings. The van der Waals surface area contributed by atoms with Crippen molar-refractivity contribution in [1.82, 2.24) is 19.1 Å². The zero-order chi connectivity index (χ0) is 38.6. The Kier molecular flexibility index (Phi) is 6.66. The summed E-state index contributed by atoms with van der Waals surface area (Å²) in [6.45, 7) is 0. The Morgan fingerprint density at radius 2 is 0.898 bits per heavy atom. The number of benzene rings is 9. The van der Waals surface area contributed by atoms with Gasteiger partial charge in [0.15, 0.2) is 5.82 Å². The number of fused-ring (bicyclic) bond motifs is 14. The van der Waals surface area contributed by atoms with Crippen LogP contribution in [-0.2, 0) is 0 Å². The van der Waals surface area contributed by atoms with Gasteiger partial charge in [0, 0.05) is 49.1 Å². The van der Waals surface area contributed by atoms with Crippen molar-refractivity contribution in [2.75, 3.05) is 0 Å². The Hall–Kier alpha value is -8.02. The predicted molar refractivity (Wildman–Crippen MR) is 244 cm³/mol. The molecular weight excluding hydrogens is 721 g/mol. The van der Waals surface area contributed by atoms with E-state index in [1.54, 1.807) is 0 Å². The second-order valence-corrected chi connectivity index (χ2v) is 15.3. The fourth-order valence-corrected chi connectivity index (χ4v) is 9.59. The van der Waals surface area contributed by atoms with Gasteiger partial charge in [-0.15, -0.1) is 0 Å². The highest BCUT2D eigenvalue weighted by Gasteiger charge is 2.27. The molecule has 0 unspecified atom stereocenters. The van der Waals surface area contributed by atoms with E-state index < -0.39 is 0 Å². The average molecular weight is 753 g/mol. The van der Waals surface area contributed by atoms with E-state index in [1.807, 2.05) is 24.3 Å². The SMILES string of the molecule is c1ccc(-c2nc3ccccc3nc2-n2c3ccccc3c3c4ccccc4c4c5ccccc5n(-c5cc(-c6ccccc6)c6oc7ccccc7c6c5)c4c32)cc1. The van der Waals surface area contributed by atoms with Crippen molar-refractivity contribution >= 4 is 87.4 Å². The summed E-state index contributed by atoms with van der Waals surface area (Å²) in [5, 5.41) is 9.29. The number of para-hydroxylation sites is 5. The molecule has 0 radical (unpaired) electrons. The van der Waals surface area contributed by atoms with Crippen molar-refractivity contribution in [3.05, 3.63) is 194 Å². The lowest BCUT2D eigenvalue weighted by Gasteiger charge is -2.17. The third-order valence-corrected chi connectivity index (χ3v) is 12.1. The number of nitrogens with zero attached hydrogens (tertiary/aromatic N) is 4. The van der Waals surface area contributed by atoms with Gasteiger partial charge in [-0.3, -0.25) is 4.57 Å². The molecule has 4 heterocycles. The van der Waals surface area contributed by atoms with E-state index >= 15 is 0 Å². The first-order valence-corrected chi connectivity index (χ1v) is 20.0. The molecule has 274 valence electrons. The first kappa shape index (κ1) is 32.1. The van der Waals surface area contributed by atoms with Crippen LogP contribution in [0.1, 0.15) is 0 Å². The summed E-state index contributed by atoms with van der Waals surface area (Å²) in [6.07, 6.45) is 0. The minimum Gasteiger partial charge on any atom is -0.455 e. The largest absolute Gasteiger partial charge is 0.455 e. The van der Waals surface area contributed by atoms with Crippen LogP contribution in [0.25, 0.3) is 121 Å². The van der Waals surface area contributed by atoms with Crippen LogP contribution < -0.4 is 0 Å². The minimum atomic E-state index is 0.788. The van der Waals surface area contributed by atoms with Gasteiger partial charge in [-0.1, -0.05) is 152 Å². The summed E-state index contributed by atoms with van der Waals surface area (Å²) in [5.74, 6) is 0.788. The third-order valence-electron chi connectivity index (χ3n) is 12.1. The molecule has 0 amide bonds. The Balaban J connectivity index is 1.29. The third kappa shape index (κ3) is 4.55. The number of aromatic nitrogens is 4. The molecule has 0 bridgehead atoms. The van der Waals surface area contributed by atoms with E-state index in [2.05, 4.69) is 179 Å². The van der Waals surface area contributed by atoms with Crippen LogP contribution in [0.4, 0.5) is 0 Å². The van der Waals surface area contributed by atoms with E-state index in [1.165, 1.54) is 26.9 Å². The minimum absolute atomic E-state index is 0.788. The molecule has 13 rings (SSSR count). The monoisotopic (exact) mass is 752 g/mol. The van der Waals surface area contributed by atoms with Gasteiger partial charge in [0.25, 0.3) is 0 Å². The topological polar surface area (TPSA) is 48.8 Å². The smallest absolute Gasteiger partial charge is 0.165 e. The second-order valence-electron chi connectivity index (χ2n) is 15.3. The lowest BCUT2D eigenvalue weighted by molar-refractivity contribution is 0.670. The van der Waals surface area contributed by atoms with Crippen LogP contribution in [0.5, 0.6) is 0 Å². The Morgan fingerprint density at radius 3 is 1.58 bits per heavy atom. The van der Waals surface area contributed by atoms with Crippen LogP contribution in [-0.4, -0.2) is 19.1 Å². The molecule has 0 fully saturated rings. The van der Waals surface area contributed by atoms with Gasteiger partial charge >= 0.3 is 0 Å². The standard InChI is InChI=1S/C54H32N4O/c1-3-17-33(18-4-1)41-31-35(32-42-36-21-11-16-30-47(36)59-53(41)42)57-45-28-14-9-24-39(45)48-37-22-7-8-23-38(37)49-40-25-10-15-29-46(40)58(52(49)51(48)57)54-50(34-19-5-2-6-20-34)55-43-26-12-13-27-44(43)56-54/h1-32H. The summed E-state index contributed by atoms with van der Waals surface area (Å²) in [6, 6.07) is 68.7. The van der Waals surface area contributed by atoms with E-state index in [9.17, 15) is 0 Å². The maximum atomic E-state index is 6.69. The summed E-state index contributed by atoms with van der Waals surface area (Å²) in [5.41, 5.74) is 12.9. The lowest BCUT2D eigenvalue weighted by atomic mass is 9.98. The molecule has 9 aromatic carbocycles. The molecule has 0 aliphatic carbocycles. The summed E-state index contributed by atoms with van der Waals surface area (Å²) in [7, 11) is 0. The summed E-state index contributed by atoms with van der Waals surface area (Å²) < 4.78 is 11.6. The first-order valence-electron chi connectivity index (χ1n) is 20.0. The Morgan fingerprint density at radius 1 is 0.390 bits per heavy atom. The number of hydrogen-bond donors (Lipinski definition) is 0. The van der Waals surface area contributed by atoms with E-state index in [4.69, 9.17) is 14.4 Å². The van der Waals surface area contributed by atoms with Crippen molar-refractivity contribution in [2.24, 2.45) is 0 Å². The van der Waals surface area contributed by atoms with E-state index in [0.29, 0.717) is 0 Å². The highest BCUT2D eigenvalue weighted by molar-refractivity contribution is 6.36. The summed E-state index contributed by atoms with van der Waals surface area (Å²) >= 11 is 0. The average Bonchev–Trinajstić information content (AvgIpc) is 3.97. The van der Waals surface area contributed by atoms with Crippen molar-refractivity contribution in [3.8, 4) is 33.9 Å². The van der Waals surface area contributed by atoms with Gasteiger partial charge in [-0.2, -0.15) is 0 Å². The fraction of sp³-hybridized carbons (Fsp3) is 0. The van der Waals surface area contributed by atoms with E-state index in [0.717, 1.165) is 94.3 Å². The maximum absolute atomic E-state index is 6.69. The van der Waals surface area contributed by atoms with Crippen molar-refractivity contribution in [2.45, 2.75) is 0 Å². The highest BCUT2D eigenvalue weighted by atomic mass is 16.3. The highest BCUT2D eigenvalue weighted by Crippen LogP contribution is 2.48. The van der Waals surface area contributed by atoms with Crippen molar-refractivity contribution < 1.29 is 4.42 Å². The van der Waals surface area contributed by atoms with Crippen LogP contribution in [0, 0.1) is 0 Å². The van der Waals surface area contributed by atoms with Crippen molar-refractivity contribution in [1.29, 1.82) is 0 Å². The lowest BCUT2D eigenvalue weighted by Crippen LogP contribution is -2.05. The first-order chi connectivity index (χ1) is 29.3. The van der Waals surface area contributed by atoms with E-state index in [-0.39, 0.29) is 0 Å². The Bertz CT molecular complexity index is 3840. The molecule has 0 aliphatic heterocycles. The molecule has 0 aliphatic rings. The van der Waals surface area contributed by atoms with Crippen LogP contribution in [0.3, 0.4) is 0 Å². The second kappa shape index (κ2) is 12.2. The zero-order valence-electron chi connectivity index (χ0n) is 31.7. The van der Waals surface area contributed by atoms with Gasteiger partial charge in [0.2, 0.25) is 0 Å². The molecule has 0 spiro atoms. The quantitative estimate of drug-likeness (QED) is 0.180. The van der Waals surface area contributed by atoms with Crippen LogP contribution in [0.15, 0.2) is 199 Å². The molecule has 59 heavy (non-hydrogen) atoms. The molecule has 4 aromatic heterocycles.